The molecular weight excluding hydrogens is 191 g/mol. The van der Waals surface area contributed by atoms with Crippen LogP contribution in [-0.4, -0.2) is 12.0 Å². The lowest BCUT2D eigenvalue weighted by molar-refractivity contribution is 0.448. The highest BCUT2D eigenvalue weighted by Crippen LogP contribution is 2.22. The molecule has 0 amide bonds. The van der Waals surface area contributed by atoms with Crippen molar-refractivity contribution in [2.75, 3.05) is 7.05 Å². The van der Waals surface area contributed by atoms with Gasteiger partial charge in [-0.2, -0.15) is 0 Å². The van der Waals surface area contributed by atoms with Gasteiger partial charge in [-0.3, -0.25) is 4.98 Å². The third kappa shape index (κ3) is 3.59. The largest absolute Gasteiger partial charge is 0.313 e. The molecule has 0 fully saturated rings. The van der Waals surface area contributed by atoms with Crippen molar-refractivity contribution < 1.29 is 4.39 Å². The normalized spacial score (nSPS) is 13.1. The molecule has 84 valence electrons. The van der Waals surface area contributed by atoms with Gasteiger partial charge in [-0.25, -0.2) is 4.39 Å². The van der Waals surface area contributed by atoms with Crippen LogP contribution < -0.4 is 5.32 Å². The summed E-state index contributed by atoms with van der Waals surface area (Å²) in [6.45, 7) is 4.35. The van der Waals surface area contributed by atoms with Gasteiger partial charge in [0.1, 0.15) is 5.82 Å². The summed E-state index contributed by atoms with van der Waals surface area (Å²) in [5.74, 6) is 0.423. The molecule has 15 heavy (non-hydrogen) atoms. The maximum atomic E-state index is 13.4. The second kappa shape index (κ2) is 5.81. The summed E-state index contributed by atoms with van der Waals surface area (Å²) >= 11 is 0. The average molecular weight is 210 g/mol. The van der Waals surface area contributed by atoms with Crippen LogP contribution >= 0.6 is 0 Å². The summed E-state index contributed by atoms with van der Waals surface area (Å²) in [6.07, 6.45) is 4.95. The molecule has 1 aromatic rings. The monoisotopic (exact) mass is 210 g/mol. The van der Waals surface area contributed by atoms with Gasteiger partial charge in [-0.1, -0.05) is 13.8 Å². The van der Waals surface area contributed by atoms with E-state index in [2.05, 4.69) is 24.1 Å². The summed E-state index contributed by atoms with van der Waals surface area (Å²) in [4.78, 5) is 3.75. The van der Waals surface area contributed by atoms with Crippen molar-refractivity contribution in [3.63, 3.8) is 0 Å². The quantitative estimate of drug-likeness (QED) is 0.808. The molecule has 0 bridgehead atoms. The van der Waals surface area contributed by atoms with E-state index in [-0.39, 0.29) is 11.9 Å². The Morgan fingerprint density at radius 3 is 2.67 bits per heavy atom. The van der Waals surface area contributed by atoms with Crippen LogP contribution in [0, 0.1) is 11.7 Å². The molecule has 1 heterocycles. The fraction of sp³-hybridized carbons (Fsp3) is 0.583. The van der Waals surface area contributed by atoms with E-state index in [0.29, 0.717) is 11.5 Å². The molecule has 0 aliphatic carbocycles. The van der Waals surface area contributed by atoms with E-state index in [9.17, 15) is 4.39 Å². The Hall–Kier alpha value is -0.960. The summed E-state index contributed by atoms with van der Waals surface area (Å²) in [5.41, 5.74) is 0.716. The first kappa shape index (κ1) is 12.1. The third-order valence-corrected chi connectivity index (χ3v) is 2.56. The van der Waals surface area contributed by atoms with E-state index in [4.69, 9.17) is 0 Å². The van der Waals surface area contributed by atoms with Gasteiger partial charge in [0.15, 0.2) is 0 Å². The van der Waals surface area contributed by atoms with Crippen molar-refractivity contribution in [3.05, 3.63) is 29.8 Å². The van der Waals surface area contributed by atoms with Crippen molar-refractivity contribution in [2.45, 2.75) is 32.7 Å². The maximum absolute atomic E-state index is 13.4. The van der Waals surface area contributed by atoms with E-state index >= 15 is 0 Å². The summed E-state index contributed by atoms with van der Waals surface area (Å²) < 4.78 is 13.4. The van der Waals surface area contributed by atoms with Gasteiger partial charge >= 0.3 is 0 Å². The number of nitrogens with one attached hydrogen (secondary N) is 1. The molecule has 1 N–H and O–H groups in total. The lowest BCUT2D eigenvalue weighted by Gasteiger charge is -2.18. The van der Waals surface area contributed by atoms with Gasteiger partial charge in [-0.05, 0) is 31.9 Å². The van der Waals surface area contributed by atoms with Crippen LogP contribution in [0.15, 0.2) is 18.5 Å². The van der Waals surface area contributed by atoms with Crippen molar-refractivity contribution in [3.8, 4) is 0 Å². The standard InChI is InChI=1S/C12H19FN2/c1-9(2)4-5-12(14-3)10-6-7-15-8-11(10)13/h6-9,12,14H,4-5H2,1-3H3. The number of rotatable bonds is 5. The van der Waals surface area contributed by atoms with Gasteiger partial charge in [-0.15, -0.1) is 0 Å². The second-order valence-corrected chi connectivity index (χ2v) is 4.21. The zero-order valence-corrected chi connectivity index (χ0v) is 9.63. The van der Waals surface area contributed by atoms with Crippen LogP contribution in [0.4, 0.5) is 4.39 Å². The van der Waals surface area contributed by atoms with E-state index in [1.165, 1.54) is 6.20 Å². The maximum Gasteiger partial charge on any atom is 0.146 e. The topological polar surface area (TPSA) is 24.9 Å². The van der Waals surface area contributed by atoms with Gasteiger partial charge < -0.3 is 5.32 Å². The Morgan fingerprint density at radius 1 is 1.40 bits per heavy atom. The Morgan fingerprint density at radius 2 is 2.13 bits per heavy atom. The summed E-state index contributed by atoms with van der Waals surface area (Å²) in [7, 11) is 1.87. The molecule has 1 aromatic heterocycles. The zero-order valence-electron chi connectivity index (χ0n) is 9.63. The van der Waals surface area contributed by atoms with E-state index in [1.807, 2.05) is 7.05 Å². The van der Waals surface area contributed by atoms with Crippen LogP contribution in [0.2, 0.25) is 0 Å². The molecule has 2 nitrogen and oxygen atoms in total. The molecule has 0 spiro atoms. The first-order chi connectivity index (χ1) is 7.15. The number of hydrogen-bond acceptors (Lipinski definition) is 2. The van der Waals surface area contributed by atoms with Crippen molar-refractivity contribution in [2.24, 2.45) is 5.92 Å². The minimum Gasteiger partial charge on any atom is -0.313 e. The molecule has 1 unspecified atom stereocenters. The number of nitrogens with zero attached hydrogens (tertiary/aromatic N) is 1. The minimum atomic E-state index is -0.222. The lowest BCUT2D eigenvalue weighted by Crippen LogP contribution is -2.18. The highest BCUT2D eigenvalue weighted by atomic mass is 19.1. The molecule has 0 aromatic carbocycles. The van der Waals surface area contributed by atoms with Crippen molar-refractivity contribution in [1.82, 2.24) is 10.3 Å². The Bertz CT molecular complexity index is 299. The number of aromatic nitrogens is 1. The molecular formula is C12H19FN2. The smallest absolute Gasteiger partial charge is 0.146 e. The molecule has 1 rings (SSSR count). The van der Waals surface area contributed by atoms with Crippen molar-refractivity contribution >= 4 is 0 Å². The number of pyridine rings is 1. The fourth-order valence-corrected chi connectivity index (χ4v) is 1.62. The Kier molecular flexibility index (Phi) is 4.69. The summed E-state index contributed by atoms with van der Waals surface area (Å²) in [5, 5.41) is 3.15. The van der Waals surface area contributed by atoms with Crippen LogP contribution in [0.3, 0.4) is 0 Å². The van der Waals surface area contributed by atoms with E-state index in [0.717, 1.165) is 12.8 Å². The average Bonchev–Trinajstić information content (AvgIpc) is 2.21. The number of hydrogen-bond donors (Lipinski definition) is 1. The molecule has 0 aliphatic rings. The van der Waals surface area contributed by atoms with Crippen LogP contribution in [0.5, 0.6) is 0 Å². The molecule has 0 aliphatic heterocycles. The SMILES string of the molecule is CNC(CCC(C)C)c1ccncc1F. The Balaban J connectivity index is 2.70. The fourth-order valence-electron chi connectivity index (χ4n) is 1.62. The molecule has 3 heteroatoms. The molecule has 0 saturated carbocycles. The van der Waals surface area contributed by atoms with Gasteiger partial charge in [0.25, 0.3) is 0 Å². The predicted octanol–water partition coefficient (Wildman–Crippen LogP) is 2.92. The number of halogens is 1. The lowest BCUT2D eigenvalue weighted by atomic mass is 9.98. The van der Waals surface area contributed by atoms with Crippen LogP contribution in [0.1, 0.15) is 38.3 Å². The third-order valence-electron chi connectivity index (χ3n) is 2.56. The first-order valence-corrected chi connectivity index (χ1v) is 5.41. The predicted molar refractivity (Wildman–Crippen MR) is 60.1 cm³/mol. The van der Waals surface area contributed by atoms with E-state index in [1.54, 1.807) is 12.3 Å². The molecule has 0 radical (unpaired) electrons. The molecule has 1 atom stereocenters. The minimum absolute atomic E-state index is 0.0930. The summed E-state index contributed by atoms with van der Waals surface area (Å²) in [6, 6.07) is 1.84. The van der Waals surface area contributed by atoms with Gasteiger partial charge in [0, 0.05) is 17.8 Å². The first-order valence-electron chi connectivity index (χ1n) is 5.41. The van der Waals surface area contributed by atoms with Gasteiger partial charge in [0.05, 0.1) is 6.20 Å². The van der Waals surface area contributed by atoms with Gasteiger partial charge in [0.2, 0.25) is 0 Å². The second-order valence-electron chi connectivity index (χ2n) is 4.21. The molecule has 0 saturated heterocycles. The Labute approximate surface area is 90.9 Å². The van der Waals surface area contributed by atoms with E-state index < -0.39 is 0 Å². The van der Waals surface area contributed by atoms with Crippen molar-refractivity contribution in [1.29, 1.82) is 0 Å². The highest BCUT2D eigenvalue weighted by Gasteiger charge is 2.13. The van der Waals surface area contributed by atoms with Crippen LogP contribution in [-0.2, 0) is 0 Å². The highest BCUT2D eigenvalue weighted by molar-refractivity contribution is 5.17. The zero-order chi connectivity index (χ0) is 11.3. The van der Waals surface area contributed by atoms with Crippen LogP contribution in [0.25, 0.3) is 0 Å².